The molecular formula is C47H73ClN22O16. The molecule has 0 saturated heterocycles. The lowest BCUT2D eigenvalue weighted by Crippen LogP contribution is -2.62. The Bertz CT molecular complexity index is 2980. The summed E-state index contributed by atoms with van der Waals surface area (Å²) in [6.45, 7) is 3.05. The number of aliphatic carboxylic acids is 2. The van der Waals surface area contributed by atoms with Gasteiger partial charge in [0.1, 0.15) is 54.7 Å². The molecule has 39 heteroatoms. The Morgan fingerprint density at radius 1 is 0.674 bits per heavy atom. The van der Waals surface area contributed by atoms with Crippen molar-refractivity contribution in [1.82, 2.24) is 76.9 Å². The lowest BCUT2D eigenvalue weighted by molar-refractivity contribution is -0.142. The number of H-pyrrole nitrogens is 1. The highest BCUT2D eigenvalue weighted by atomic mass is 35.5. The molecule has 0 unspecified atom stereocenters. The molecule has 38 nitrogen and oxygen atoms in total. The standard InChI is InChI=1S/C47H73ClN22O16/c1-21(2)14-28(41(82)66-33(22(3)72)43(84)60-24(6-4-11-55-45(50)51)37(78)62-27(35(49)77)15-23-17-54-19-57-23)63-39(80)26(8-9-31(73)74)59-40(81)29(16-32(75)76)64-42(83)30(18-71)65-38(79)25(7-5-12-56-46(52)53)61-44(85)34-36-67-68-70(13-10-48)47(86)69(36)20-58-34/h17,19-22,24-30,33,71-72H,4-16,18H2,1-3H3,(H2,49,77)(H,54,57)(H,59,81)(H,60,84)(H,61,85)(H,62,78)(H,63,80)(H,64,83)(H,65,79)(H,66,82)(H,73,74)(H,75,76)(H4,50,51,55)(H4,52,53,56)/t22-,24+,25+,26+,27+,28+,29+,30+,33+/m1/s1. The predicted octanol–water partition coefficient (Wildman–Crippen LogP) is -8.67. The van der Waals surface area contributed by atoms with Crippen LogP contribution in [-0.2, 0) is 60.9 Å². The summed E-state index contributed by atoms with van der Waals surface area (Å²) >= 11 is 5.72. The Labute approximate surface area is 493 Å². The molecule has 3 aromatic heterocycles. The fourth-order valence-electron chi connectivity index (χ4n) is 7.93. The fraction of sp³-hybridized carbons (Fsp3) is 0.574. The third kappa shape index (κ3) is 23.2. The van der Waals surface area contributed by atoms with E-state index in [-0.39, 0.29) is 81.6 Å². The number of hydrogen-bond donors (Lipinski definition) is 18. The summed E-state index contributed by atoms with van der Waals surface area (Å²) in [6.07, 6.45) is -1.37. The number of carbonyl (C=O) groups is 11. The quantitative estimate of drug-likeness (QED) is 0.0110. The van der Waals surface area contributed by atoms with E-state index in [9.17, 15) is 78.0 Å². The van der Waals surface area contributed by atoms with Crippen LogP contribution in [0.4, 0.5) is 0 Å². The lowest BCUT2D eigenvalue weighted by atomic mass is 10.0. The molecule has 3 rings (SSSR count). The van der Waals surface area contributed by atoms with Gasteiger partial charge in [0, 0.05) is 43.7 Å². The van der Waals surface area contributed by atoms with Crippen molar-refractivity contribution >= 4 is 94.3 Å². The van der Waals surface area contributed by atoms with Crippen LogP contribution in [0.15, 0.2) is 33.6 Å². The molecule has 0 aliphatic carbocycles. The van der Waals surface area contributed by atoms with Crippen LogP contribution in [-0.4, -0.2) is 212 Å². The number of halogens is 1. The number of aromatic amines is 1. The molecule has 474 valence electrons. The number of hydrogen-bond acceptors (Lipinski definition) is 20. The molecule has 86 heavy (non-hydrogen) atoms. The third-order valence-electron chi connectivity index (χ3n) is 12.2. The monoisotopic (exact) mass is 1240 g/mol. The Morgan fingerprint density at radius 3 is 1.70 bits per heavy atom. The number of carbonyl (C=O) groups excluding carboxylic acids is 9. The molecule has 0 radical (unpaired) electrons. The van der Waals surface area contributed by atoms with Crippen LogP contribution in [0.3, 0.4) is 0 Å². The van der Waals surface area contributed by atoms with Gasteiger partial charge in [-0.05, 0) is 51.4 Å². The normalized spacial score (nSPS) is 14.2. The molecule has 0 saturated carbocycles. The second-order valence-electron chi connectivity index (χ2n) is 19.6. The van der Waals surface area contributed by atoms with E-state index < -0.39 is 163 Å². The molecule has 0 aliphatic rings. The zero-order chi connectivity index (χ0) is 64.4. The maximum absolute atomic E-state index is 14.1. The maximum atomic E-state index is 14.1. The topological polar surface area (TPSA) is 614 Å². The van der Waals surface area contributed by atoms with Gasteiger partial charge in [0.05, 0.1) is 32.0 Å². The summed E-state index contributed by atoms with van der Waals surface area (Å²) < 4.78 is 1.80. The SMILES string of the molecule is CC(C)C[C@H](NC(=O)[C@H](CCC(=O)O)NC(=O)[C@H](CC(=O)O)NC(=O)[C@H](CO)NC(=O)[C@H](CCCN=C(N)N)NC(=O)c1ncn2c(=O)n(CCCl)nnc12)C(=O)N[C@H](C(=O)N[C@@H](CCCN=C(N)N)C(=O)N[C@@H](Cc1cnc[nH]1)C(N)=O)[C@@H](C)O. The molecule has 3 aromatic rings. The van der Waals surface area contributed by atoms with E-state index in [1.54, 1.807) is 13.8 Å². The highest BCUT2D eigenvalue weighted by Crippen LogP contribution is 2.12. The van der Waals surface area contributed by atoms with Gasteiger partial charge < -0.3 is 96.6 Å². The number of nitrogens with zero attached hydrogens (tertiary/aromatic N) is 8. The van der Waals surface area contributed by atoms with Gasteiger partial charge in [0.2, 0.25) is 47.3 Å². The summed E-state index contributed by atoms with van der Waals surface area (Å²) in [7, 11) is 0. The van der Waals surface area contributed by atoms with Gasteiger partial charge in [-0.3, -0.25) is 62.7 Å². The Hall–Kier alpha value is -9.59. The zero-order valence-corrected chi connectivity index (χ0v) is 47.7. The lowest BCUT2D eigenvalue weighted by Gasteiger charge is -2.29. The van der Waals surface area contributed by atoms with E-state index >= 15 is 0 Å². The largest absolute Gasteiger partial charge is 0.481 e. The summed E-state index contributed by atoms with van der Waals surface area (Å²) in [5.41, 5.74) is 26.1. The molecule has 9 amide bonds. The molecule has 0 bridgehead atoms. The summed E-state index contributed by atoms with van der Waals surface area (Å²) in [4.78, 5) is 178. The van der Waals surface area contributed by atoms with Gasteiger partial charge in [-0.15, -0.1) is 16.7 Å². The van der Waals surface area contributed by atoms with E-state index in [1.165, 1.54) is 12.5 Å². The predicted molar refractivity (Wildman–Crippen MR) is 299 cm³/mol. The van der Waals surface area contributed by atoms with Crippen LogP contribution < -0.4 is 76.9 Å². The van der Waals surface area contributed by atoms with Crippen molar-refractivity contribution in [1.29, 1.82) is 0 Å². The number of aliphatic hydroxyl groups excluding tert-OH is 2. The summed E-state index contributed by atoms with van der Waals surface area (Å²) in [6, 6.07) is -13.8. The number of fused-ring (bicyclic) bond motifs is 1. The number of carboxylic acids is 2. The number of aryl methyl sites for hydroxylation is 1. The van der Waals surface area contributed by atoms with Crippen LogP contribution in [0.25, 0.3) is 5.65 Å². The first-order valence-electron chi connectivity index (χ1n) is 26.5. The fourth-order valence-corrected chi connectivity index (χ4v) is 8.09. The van der Waals surface area contributed by atoms with Gasteiger partial charge in [-0.1, -0.05) is 19.1 Å². The third-order valence-corrected chi connectivity index (χ3v) is 12.4. The Kier molecular flexibility index (Phi) is 28.7. The van der Waals surface area contributed by atoms with Gasteiger partial charge >= 0.3 is 17.6 Å². The Balaban J connectivity index is 1.86. The van der Waals surface area contributed by atoms with Gasteiger partial charge in [0.25, 0.3) is 5.91 Å². The van der Waals surface area contributed by atoms with Crippen LogP contribution in [0, 0.1) is 5.92 Å². The molecular weight excluding hydrogens is 1160 g/mol. The molecule has 9 atom stereocenters. The number of aliphatic imine (C=N–C) groups is 2. The number of nitrogens with one attached hydrogen (secondary N) is 9. The number of alkyl halides is 1. The first kappa shape index (κ1) is 70.7. The van der Waals surface area contributed by atoms with E-state index in [0.717, 1.165) is 22.3 Å². The molecule has 23 N–H and O–H groups in total. The van der Waals surface area contributed by atoms with E-state index in [4.69, 9.17) is 40.3 Å². The number of amides is 9. The summed E-state index contributed by atoms with van der Waals surface area (Å²) in [5, 5.41) is 66.4. The minimum Gasteiger partial charge on any atom is -0.481 e. The maximum Gasteiger partial charge on any atom is 0.353 e. The van der Waals surface area contributed by atoms with E-state index in [2.05, 4.69) is 77.8 Å². The minimum atomic E-state index is -2.12. The molecule has 0 aliphatic heterocycles. The number of aromatic nitrogens is 7. The van der Waals surface area contributed by atoms with Crippen LogP contribution >= 0.6 is 11.6 Å². The number of primary amides is 1. The van der Waals surface area contributed by atoms with Crippen molar-refractivity contribution in [3.05, 3.63) is 40.7 Å². The van der Waals surface area contributed by atoms with Gasteiger partial charge in [-0.2, -0.15) is 4.68 Å². The molecule has 0 fully saturated rings. The Morgan fingerprint density at radius 2 is 1.19 bits per heavy atom. The first-order chi connectivity index (χ1) is 40.6. The van der Waals surface area contributed by atoms with E-state index in [1.807, 2.05) is 0 Å². The van der Waals surface area contributed by atoms with Crippen molar-refractivity contribution in [3.8, 4) is 0 Å². The number of guanidine groups is 2. The first-order valence-corrected chi connectivity index (χ1v) is 27.0. The molecule has 0 spiro atoms. The van der Waals surface area contributed by atoms with Crippen molar-refractivity contribution < 1.29 is 73.2 Å². The van der Waals surface area contributed by atoms with Crippen molar-refractivity contribution in [2.24, 2.45) is 44.6 Å². The van der Waals surface area contributed by atoms with Crippen LogP contribution in [0.5, 0.6) is 0 Å². The van der Waals surface area contributed by atoms with Crippen molar-refractivity contribution in [3.63, 3.8) is 0 Å². The summed E-state index contributed by atoms with van der Waals surface area (Å²) in [5.74, 6) is -14.5. The minimum absolute atomic E-state index is 0.00320. The second kappa shape index (κ2) is 34.9. The molecule has 3 heterocycles. The zero-order valence-electron chi connectivity index (χ0n) is 46.9. The van der Waals surface area contributed by atoms with Crippen molar-refractivity contribution in [2.45, 2.75) is 140 Å². The van der Waals surface area contributed by atoms with Crippen molar-refractivity contribution in [2.75, 3.05) is 25.6 Å². The smallest absolute Gasteiger partial charge is 0.353 e. The number of nitrogens with two attached hydrogens (primary N) is 5. The highest BCUT2D eigenvalue weighted by Gasteiger charge is 2.37. The highest BCUT2D eigenvalue weighted by molar-refractivity contribution is 6.17. The second-order valence-corrected chi connectivity index (χ2v) is 20.0. The average molecular weight is 1240 g/mol. The van der Waals surface area contributed by atoms with Crippen LogP contribution in [0.2, 0.25) is 0 Å². The van der Waals surface area contributed by atoms with E-state index in [0.29, 0.717) is 5.69 Å². The average Bonchev–Trinajstić information content (AvgIpc) is 2.33. The number of carboxylic acid groups (broad SMARTS) is 2. The van der Waals surface area contributed by atoms with Crippen LogP contribution in [0.1, 0.15) is 88.3 Å². The van der Waals surface area contributed by atoms with Gasteiger partial charge in [0.15, 0.2) is 23.3 Å². The molecule has 0 aromatic carbocycles. The number of rotatable bonds is 38. The number of imidazole rings is 2. The van der Waals surface area contributed by atoms with Gasteiger partial charge in [-0.25, -0.2) is 19.2 Å². The number of aliphatic hydroxyl groups is 2.